The van der Waals surface area contributed by atoms with Gasteiger partial charge in [0.2, 0.25) is 0 Å². The molecule has 0 aliphatic carbocycles. The highest BCUT2D eigenvalue weighted by atomic mass is 79.9. The summed E-state index contributed by atoms with van der Waals surface area (Å²) in [6.45, 7) is 2.22. The smallest absolute Gasteiger partial charge is 0.172 e. The summed E-state index contributed by atoms with van der Waals surface area (Å²) in [4.78, 5) is 0. The van der Waals surface area contributed by atoms with Crippen molar-refractivity contribution in [3.8, 4) is 0 Å². The molecule has 1 aliphatic rings. The maximum atomic E-state index is 5.91. The summed E-state index contributed by atoms with van der Waals surface area (Å²) < 4.78 is 8.27. The second-order valence-corrected chi connectivity index (χ2v) is 7.32. The molecule has 2 heterocycles. The van der Waals surface area contributed by atoms with Crippen LogP contribution in [0.2, 0.25) is 5.02 Å². The first-order valence-electron chi connectivity index (χ1n) is 7.74. The summed E-state index contributed by atoms with van der Waals surface area (Å²) in [6.07, 6.45) is 4.36. The van der Waals surface area contributed by atoms with Crippen LogP contribution in [0.5, 0.6) is 0 Å². The minimum Gasteiger partial charge on any atom is -0.376 e. The van der Waals surface area contributed by atoms with E-state index in [1.165, 1.54) is 0 Å². The lowest BCUT2D eigenvalue weighted by atomic mass is 10.2. The third-order valence-electron chi connectivity index (χ3n) is 3.72. The highest BCUT2D eigenvalue weighted by molar-refractivity contribution is 9.10. The second kappa shape index (κ2) is 8.29. The molecule has 1 unspecified atom stereocenters. The molecule has 0 saturated carbocycles. The number of nitrogens with zero attached hydrogens (tertiary/aromatic N) is 2. The first-order valence-corrected chi connectivity index (χ1v) is 9.32. The van der Waals surface area contributed by atoms with Crippen molar-refractivity contribution in [2.45, 2.75) is 25.5 Å². The number of rotatable bonds is 5. The molecule has 1 aromatic carbocycles. The van der Waals surface area contributed by atoms with Gasteiger partial charge in [-0.3, -0.25) is 4.68 Å². The summed E-state index contributed by atoms with van der Waals surface area (Å²) >= 11 is 14.7. The number of thiocarbonyl (C=S) groups is 1. The van der Waals surface area contributed by atoms with Crippen LogP contribution in [0.4, 0.5) is 5.82 Å². The second-order valence-electron chi connectivity index (χ2n) is 5.62. The van der Waals surface area contributed by atoms with E-state index < -0.39 is 0 Å². The van der Waals surface area contributed by atoms with E-state index in [0.29, 0.717) is 17.5 Å². The molecule has 0 spiro atoms. The average molecular weight is 430 g/mol. The van der Waals surface area contributed by atoms with Crippen molar-refractivity contribution in [1.82, 2.24) is 15.1 Å². The van der Waals surface area contributed by atoms with Crippen LogP contribution in [0.15, 0.2) is 34.9 Å². The molecule has 0 radical (unpaired) electrons. The van der Waals surface area contributed by atoms with Gasteiger partial charge in [-0.1, -0.05) is 23.7 Å². The number of anilines is 1. The van der Waals surface area contributed by atoms with Gasteiger partial charge < -0.3 is 15.4 Å². The lowest BCUT2D eigenvalue weighted by Crippen LogP contribution is -2.35. The van der Waals surface area contributed by atoms with Crippen molar-refractivity contribution in [2.24, 2.45) is 0 Å². The fourth-order valence-corrected chi connectivity index (χ4v) is 3.22. The number of hydrogen-bond acceptors (Lipinski definition) is 3. The summed E-state index contributed by atoms with van der Waals surface area (Å²) in [5.41, 5.74) is 1.13. The molecule has 1 atom stereocenters. The zero-order valence-electron chi connectivity index (χ0n) is 13.0. The molecule has 1 aliphatic heterocycles. The molecule has 5 nitrogen and oxygen atoms in total. The molecule has 3 rings (SSSR count). The van der Waals surface area contributed by atoms with Crippen LogP contribution >= 0.6 is 39.7 Å². The van der Waals surface area contributed by atoms with Crippen molar-refractivity contribution >= 4 is 50.7 Å². The molecule has 128 valence electrons. The number of halogens is 2. The SMILES string of the molecule is S=C(NCC1CCCO1)Nc1nn(Cc2ccc(Cl)cc2)cc1Br. The van der Waals surface area contributed by atoms with Gasteiger partial charge in [0.15, 0.2) is 10.9 Å². The van der Waals surface area contributed by atoms with E-state index in [9.17, 15) is 0 Å². The van der Waals surface area contributed by atoms with Gasteiger partial charge in [0, 0.05) is 24.4 Å². The minimum atomic E-state index is 0.246. The standard InChI is InChI=1S/C16H18BrClN4OS/c17-14-10-22(9-11-3-5-12(18)6-4-11)21-15(14)20-16(24)19-8-13-2-1-7-23-13/h3-6,10,13H,1-2,7-9H2,(H2,19,20,21,24). The van der Waals surface area contributed by atoms with E-state index in [1.54, 1.807) is 0 Å². The molecule has 1 aromatic heterocycles. The van der Waals surface area contributed by atoms with E-state index >= 15 is 0 Å². The van der Waals surface area contributed by atoms with Gasteiger partial charge in [0.1, 0.15) is 0 Å². The maximum absolute atomic E-state index is 5.91. The molecule has 24 heavy (non-hydrogen) atoms. The maximum Gasteiger partial charge on any atom is 0.172 e. The predicted molar refractivity (Wildman–Crippen MR) is 104 cm³/mol. The van der Waals surface area contributed by atoms with E-state index in [0.717, 1.165) is 41.1 Å². The molecule has 0 amide bonds. The first-order chi connectivity index (χ1) is 11.6. The van der Waals surface area contributed by atoms with Crippen molar-refractivity contribution in [3.05, 3.63) is 45.5 Å². The molecule has 1 fully saturated rings. The Morgan fingerprint density at radius 1 is 1.42 bits per heavy atom. The number of aromatic nitrogens is 2. The van der Waals surface area contributed by atoms with Gasteiger partial charge in [-0.05, 0) is 58.7 Å². The molecule has 8 heteroatoms. The summed E-state index contributed by atoms with van der Waals surface area (Å²) in [5, 5.41) is 12.1. The van der Waals surface area contributed by atoms with Crippen LogP contribution < -0.4 is 10.6 Å². The number of hydrogen-bond donors (Lipinski definition) is 2. The van der Waals surface area contributed by atoms with Gasteiger partial charge in [-0.25, -0.2) is 0 Å². The fourth-order valence-electron chi connectivity index (χ4n) is 2.50. The van der Waals surface area contributed by atoms with E-state index in [4.69, 9.17) is 28.6 Å². The molecule has 1 saturated heterocycles. The summed E-state index contributed by atoms with van der Waals surface area (Å²) in [7, 11) is 0. The zero-order chi connectivity index (χ0) is 16.9. The van der Waals surface area contributed by atoms with Crippen LogP contribution in [0.25, 0.3) is 0 Å². The Bertz CT molecular complexity index is 701. The Morgan fingerprint density at radius 2 is 2.21 bits per heavy atom. The van der Waals surface area contributed by atoms with Gasteiger partial charge in [0.25, 0.3) is 0 Å². The molecule has 2 aromatic rings. The van der Waals surface area contributed by atoms with Crippen molar-refractivity contribution in [2.75, 3.05) is 18.5 Å². The fraction of sp³-hybridized carbons (Fsp3) is 0.375. The Kier molecular flexibility index (Phi) is 6.10. The van der Waals surface area contributed by atoms with Crippen LogP contribution in [0, 0.1) is 0 Å². The van der Waals surface area contributed by atoms with Crippen LogP contribution in [0.1, 0.15) is 18.4 Å². The molecule has 0 bridgehead atoms. The lowest BCUT2D eigenvalue weighted by Gasteiger charge is -2.13. The zero-order valence-corrected chi connectivity index (χ0v) is 16.1. The lowest BCUT2D eigenvalue weighted by molar-refractivity contribution is 0.114. The van der Waals surface area contributed by atoms with Gasteiger partial charge >= 0.3 is 0 Å². The average Bonchev–Trinajstić information content (AvgIpc) is 3.18. The number of benzene rings is 1. The monoisotopic (exact) mass is 428 g/mol. The third kappa shape index (κ3) is 4.92. The summed E-state index contributed by atoms with van der Waals surface area (Å²) in [6, 6.07) is 7.72. The quantitative estimate of drug-likeness (QED) is 0.708. The first kappa shape index (κ1) is 17.7. The largest absolute Gasteiger partial charge is 0.376 e. The van der Waals surface area contributed by atoms with Crippen molar-refractivity contribution in [1.29, 1.82) is 0 Å². The van der Waals surface area contributed by atoms with E-state index in [-0.39, 0.29) is 6.10 Å². The van der Waals surface area contributed by atoms with Crippen LogP contribution in [0.3, 0.4) is 0 Å². The molecular weight excluding hydrogens is 412 g/mol. The Labute approximate surface area is 159 Å². The predicted octanol–water partition coefficient (Wildman–Crippen LogP) is 3.81. The Morgan fingerprint density at radius 3 is 2.92 bits per heavy atom. The van der Waals surface area contributed by atoms with E-state index in [2.05, 4.69) is 31.7 Å². The highest BCUT2D eigenvalue weighted by Crippen LogP contribution is 2.21. The third-order valence-corrected chi connectivity index (χ3v) is 4.80. The van der Waals surface area contributed by atoms with Gasteiger partial charge in [-0.2, -0.15) is 5.10 Å². The van der Waals surface area contributed by atoms with Crippen molar-refractivity contribution < 1.29 is 4.74 Å². The molecule has 2 N–H and O–H groups in total. The topological polar surface area (TPSA) is 51.1 Å². The highest BCUT2D eigenvalue weighted by Gasteiger charge is 2.16. The number of ether oxygens (including phenoxy) is 1. The van der Waals surface area contributed by atoms with Gasteiger partial charge in [0.05, 0.1) is 17.1 Å². The Hall–Kier alpha value is -1.15. The van der Waals surface area contributed by atoms with E-state index in [1.807, 2.05) is 35.1 Å². The van der Waals surface area contributed by atoms with Crippen LogP contribution in [-0.2, 0) is 11.3 Å². The molecular formula is C16H18BrClN4OS. The minimum absolute atomic E-state index is 0.246. The van der Waals surface area contributed by atoms with Crippen LogP contribution in [-0.4, -0.2) is 34.1 Å². The Balaban J connectivity index is 1.55. The number of nitrogens with one attached hydrogen (secondary N) is 2. The normalized spacial score (nSPS) is 17.0. The van der Waals surface area contributed by atoms with Crippen molar-refractivity contribution in [3.63, 3.8) is 0 Å². The summed E-state index contributed by atoms with van der Waals surface area (Å²) in [5.74, 6) is 0.689. The van der Waals surface area contributed by atoms with Gasteiger partial charge in [-0.15, -0.1) is 0 Å².